The van der Waals surface area contributed by atoms with Gasteiger partial charge in [0.15, 0.2) is 0 Å². The third-order valence-electron chi connectivity index (χ3n) is 9.77. The van der Waals surface area contributed by atoms with Crippen LogP contribution in [0.2, 0.25) is 0 Å². The summed E-state index contributed by atoms with van der Waals surface area (Å²) in [5.41, 5.74) is 6.91. The fourth-order valence-electron chi connectivity index (χ4n) is 7.48. The van der Waals surface area contributed by atoms with Crippen LogP contribution < -0.4 is 9.64 Å². The van der Waals surface area contributed by atoms with E-state index in [9.17, 15) is 10.1 Å². The molecule has 0 bridgehead atoms. The highest BCUT2D eigenvalue weighted by atomic mass is 16.5. The number of carbonyl (C=O) groups is 1. The second-order valence-electron chi connectivity index (χ2n) is 12.3. The largest absolute Gasteiger partial charge is 0.462 e. The molecule has 1 aromatic heterocycles. The Balaban J connectivity index is 1.31. The number of hydrogen-bond acceptors (Lipinski definition) is 7. The fraction of sp³-hybridized carbons (Fsp3) is 0.562. The van der Waals surface area contributed by atoms with Gasteiger partial charge in [0, 0.05) is 31.2 Å². The van der Waals surface area contributed by atoms with Gasteiger partial charge in [-0.1, -0.05) is 24.8 Å². The number of ether oxygens (including phenoxy) is 1. The summed E-state index contributed by atoms with van der Waals surface area (Å²) in [6.45, 7) is 9.34. The summed E-state index contributed by atoms with van der Waals surface area (Å²) in [5.74, 6) is 0.808. The van der Waals surface area contributed by atoms with E-state index < -0.39 is 0 Å². The second-order valence-corrected chi connectivity index (χ2v) is 12.3. The smallest absolute Gasteiger partial charge is 0.318 e. The Morgan fingerprint density at radius 2 is 2.08 bits per heavy atom. The van der Waals surface area contributed by atoms with Gasteiger partial charge in [0.2, 0.25) is 5.91 Å². The Bertz CT molecular complexity index is 1350. The van der Waals surface area contributed by atoms with Crippen LogP contribution in [0.15, 0.2) is 30.9 Å². The predicted molar refractivity (Wildman–Crippen MR) is 154 cm³/mol. The third kappa shape index (κ3) is 4.96. The van der Waals surface area contributed by atoms with Crippen LogP contribution in [0.3, 0.4) is 0 Å². The van der Waals surface area contributed by atoms with Crippen LogP contribution in [0.5, 0.6) is 6.01 Å². The number of likely N-dealkylation sites (tertiary alicyclic amines) is 1. The zero-order valence-corrected chi connectivity index (χ0v) is 23.9. The molecule has 40 heavy (non-hydrogen) atoms. The highest BCUT2D eigenvalue weighted by Gasteiger charge is 2.43. The van der Waals surface area contributed by atoms with E-state index in [1.165, 1.54) is 34.8 Å². The molecule has 6 rings (SSSR count). The lowest BCUT2D eigenvalue weighted by Gasteiger charge is -2.42. The molecule has 2 fully saturated rings. The number of benzene rings is 1. The van der Waals surface area contributed by atoms with E-state index in [4.69, 9.17) is 14.7 Å². The monoisotopic (exact) mass is 540 g/mol. The van der Waals surface area contributed by atoms with Gasteiger partial charge in [-0.05, 0) is 93.6 Å². The number of aryl methyl sites for hydroxylation is 1. The van der Waals surface area contributed by atoms with E-state index in [1.807, 2.05) is 0 Å². The van der Waals surface area contributed by atoms with Gasteiger partial charge in [-0.25, -0.2) is 0 Å². The van der Waals surface area contributed by atoms with Gasteiger partial charge in [0.25, 0.3) is 0 Å². The molecular weight excluding hydrogens is 500 g/mol. The molecule has 1 aromatic carbocycles. The molecule has 1 amide bonds. The van der Waals surface area contributed by atoms with Gasteiger partial charge in [-0.3, -0.25) is 4.79 Å². The van der Waals surface area contributed by atoms with Crippen LogP contribution in [-0.4, -0.2) is 77.6 Å². The number of nitrogens with zero attached hydrogens (tertiary/aromatic N) is 6. The van der Waals surface area contributed by atoms with Crippen molar-refractivity contribution in [2.24, 2.45) is 5.41 Å². The highest BCUT2D eigenvalue weighted by molar-refractivity contribution is 5.87. The molecule has 2 aliphatic carbocycles. The number of rotatable bonds is 6. The molecule has 3 atom stereocenters. The number of aromatic nitrogens is 2. The second kappa shape index (κ2) is 10.9. The fourth-order valence-corrected chi connectivity index (χ4v) is 7.48. The van der Waals surface area contributed by atoms with Crippen molar-refractivity contribution in [1.82, 2.24) is 19.8 Å². The van der Waals surface area contributed by atoms with Crippen LogP contribution in [0.4, 0.5) is 5.82 Å². The minimum absolute atomic E-state index is 0.118. The van der Waals surface area contributed by atoms with E-state index in [0.29, 0.717) is 38.3 Å². The van der Waals surface area contributed by atoms with E-state index in [2.05, 4.69) is 54.6 Å². The zero-order chi connectivity index (χ0) is 27.9. The van der Waals surface area contributed by atoms with Crippen LogP contribution in [0, 0.1) is 23.7 Å². The number of hydrogen-bond donors (Lipinski definition) is 0. The molecule has 210 valence electrons. The summed E-state index contributed by atoms with van der Waals surface area (Å²) in [7, 11) is 2.16. The Hall–Kier alpha value is -3.44. The zero-order valence-electron chi connectivity index (χ0n) is 23.9. The molecule has 8 heteroatoms. The lowest BCUT2D eigenvalue weighted by molar-refractivity contribution is -0.128. The summed E-state index contributed by atoms with van der Waals surface area (Å²) in [6, 6.07) is 9.63. The maximum atomic E-state index is 12.5. The number of piperazine rings is 1. The number of nitriles is 1. The molecule has 0 N–H and O–H groups in total. The molecule has 3 heterocycles. The van der Waals surface area contributed by atoms with Crippen molar-refractivity contribution in [2.45, 2.75) is 70.4 Å². The predicted octanol–water partition coefficient (Wildman–Crippen LogP) is 3.65. The normalized spacial score (nSPS) is 25.9. The van der Waals surface area contributed by atoms with Gasteiger partial charge in [0.1, 0.15) is 12.4 Å². The van der Waals surface area contributed by atoms with Crippen molar-refractivity contribution in [3.8, 4) is 12.1 Å². The molecule has 4 aliphatic rings. The number of likely N-dealkylation sites (N-methyl/N-ethyl adjacent to an activating group) is 1. The Kier molecular flexibility index (Phi) is 7.26. The van der Waals surface area contributed by atoms with Gasteiger partial charge in [-0.2, -0.15) is 15.2 Å². The number of carbonyl (C=O) groups excluding carboxylic acids is 1. The van der Waals surface area contributed by atoms with Crippen LogP contribution in [0.25, 0.3) is 0 Å². The molecule has 0 radical (unpaired) electrons. The van der Waals surface area contributed by atoms with Crippen LogP contribution >= 0.6 is 0 Å². The highest BCUT2D eigenvalue weighted by Crippen LogP contribution is 2.48. The quantitative estimate of drug-likeness (QED) is 0.517. The molecule has 2 aromatic rings. The van der Waals surface area contributed by atoms with Gasteiger partial charge in [0.05, 0.1) is 24.2 Å². The Morgan fingerprint density at radius 1 is 1.20 bits per heavy atom. The summed E-state index contributed by atoms with van der Waals surface area (Å²) in [5, 5.41) is 9.51. The van der Waals surface area contributed by atoms with Crippen molar-refractivity contribution in [3.05, 3.63) is 58.8 Å². The van der Waals surface area contributed by atoms with Crippen molar-refractivity contribution in [3.63, 3.8) is 0 Å². The van der Waals surface area contributed by atoms with Crippen molar-refractivity contribution >= 4 is 11.7 Å². The van der Waals surface area contributed by atoms with Crippen molar-refractivity contribution in [1.29, 1.82) is 5.26 Å². The average molecular weight is 541 g/mol. The van der Waals surface area contributed by atoms with E-state index in [-0.39, 0.29) is 23.8 Å². The van der Waals surface area contributed by atoms with E-state index in [0.717, 1.165) is 56.6 Å². The lowest BCUT2D eigenvalue weighted by atomic mass is 9.71. The molecular formula is C32H40N6O2. The molecule has 0 saturated carbocycles. The maximum Gasteiger partial charge on any atom is 0.318 e. The van der Waals surface area contributed by atoms with E-state index in [1.54, 1.807) is 4.90 Å². The first kappa shape index (κ1) is 26.8. The lowest BCUT2D eigenvalue weighted by Crippen LogP contribution is -2.55. The summed E-state index contributed by atoms with van der Waals surface area (Å²) < 4.78 is 6.32. The number of anilines is 1. The van der Waals surface area contributed by atoms with Crippen LogP contribution in [0.1, 0.15) is 53.6 Å². The van der Waals surface area contributed by atoms with Crippen molar-refractivity contribution in [2.75, 3.05) is 44.7 Å². The standard InChI is InChI=1S/C32H40N6O2/c1-4-29(39)38-16-15-37(20-24(38)11-13-33)30-26-10-12-32(17-23-8-5-7-22(2)27(23)18-32)19-28(26)34-31(35-30)40-21-25-9-6-14-36(25)3/h4-5,7-8,24-25H,1,6,9-12,14-21H2,2-3H3/t24-,25-,32?/m0/s1. The molecule has 2 saturated heterocycles. The first-order valence-corrected chi connectivity index (χ1v) is 14.7. The van der Waals surface area contributed by atoms with Gasteiger partial charge >= 0.3 is 6.01 Å². The van der Waals surface area contributed by atoms with Gasteiger partial charge < -0.3 is 19.4 Å². The Morgan fingerprint density at radius 3 is 2.83 bits per heavy atom. The molecule has 2 aliphatic heterocycles. The third-order valence-corrected chi connectivity index (χ3v) is 9.77. The molecule has 8 nitrogen and oxygen atoms in total. The minimum atomic E-state index is -0.200. The first-order chi connectivity index (χ1) is 19.4. The molecule has 1 unspecified atom stereocenters. The maximum absolute atomic E-state index is 12.5. The summed E-state index contributed by atoms with van der Waals surface area (Å²) in [4.78, 5) is 29.0. The van der Waals surface area contributed by atoms with Crippen molar-refractivity contribution < 1.29 is 9.53 Å². The Labute approximate surface area is 237 Å². The van der Waals surface area contributed by atoms with E-state index >= 15 is 0 Å². The number of amides is 1. The topological polar surface area (TPSA) is 85.6 Å². The summed E-state index contributed by atoms with van der Waals surface area (Å²) in [6.07, 6.45) is 9.10. The van der Waals surface area contributed by atoms with Crippen LogP contribution in [-0.2, 0) is 30.5 Å². The minimum Gasteiger partial charge on any atom is -0.462 e. The average Bonchev–Trinajstić information content (AvgIpc) is 3.54. The summed E-state index contributed by atoms with van der Waals surface area (Å²) >= 11 is 0. The first-order valence-electron chi connectivity index (χ1n) is 14.7. The number of fused-ring (bicyclic) bond motifs is 2. The SMILES string of the molecule is C=CC(=O)N1CCN(c2nc(OC[C@@H]3CCCN3C)nc3c2CCC2(Cc4cccc(C)c4C2)C3)C[C@@H]1CC#N. The molecule has 1 spiro atoms. The van der Waals surface area contributed by atoms with Gasteiger partial charge in [-0.15, -0.1) is 0 Å².